The molecule has 2 aliphatic rings. The van der Waals surface area contributed by atoms with E-state index in [1.807, 2.05) is 45.0 Å². The average molecular weight is 479 g/mol. The lowest BCUT2D eigenvalue weighted by molar-refractivity contribution is -0.138. The summed E-state index contributed by atoms with van der Waals surface area (Å²) < 4.78 is 5.65. The van der Waals surface area contributed by atoms with Gasteiger partial charge in [-0.1, -0.05) is 75.7 Å². The van der Waals surface area contributed by atoms with Gasteiger partial charge in [0.1, 0.15) is 12.6 Å². The maximum atomic E-state index is 13.2. The van der Waals surface area contributed by atoms with Crippen molar-refractivity contribution in [3.05, 3.63) is 59.7 Å². The van der Waals surface area contributed by atoms with E-state index in [1.54, 1.807) is 0 Å². The van der Waals surface area contributed by atoms with Gasteiger partial charge in [0.2, 0.25) is 5.91 Å². The first-order valence-electron chi connectivity index (χ1n) is 12.3. The fraction of sp³-hybridized carbons (Fsp3) is 0.464. The van der Waals surface area contributed by atoms with Crippen molar-refractivity contribution in [2.75, 3.05) is 6.61 Å². The first kappa shape index (κ1) is 24.8. The zero-order valence-electron chi connectivity index (χ0n) is 20.5. The third-order valence-corrected chi connectivity index (χ3v) is 7.16. The van der Waals surface area contributed by atoms with Crippen molar-refractivity contribution in [1.29, 1.82) is 0 Å². The van der Waals surface area contributed by atoms with Crippen LogP contribution in [0.15, 0.2) is 48.5 Å². The number of nitrogens with one attached hydrogen (secondary N) is 2. The quantitative estimate of drug-likeness (QED) is 0.535. The van der Waals surface area contributed by atoms with Crippen molar-refractivity contribution in [1.82, 2.24) is 10.6 Å². The minimum atomic E-state index is -0.861. The van der Waals surface area contributed by atoms with Gasteiger partial charge in [-0.2, -0.15) is 0 Å². The molecule has 0 aliphatic heterocycles. The molecular formula is C28H34N2O5. The highest BCUT2D eigenvalue weighted by molar-refractivity contribution is 5.87. The molecule has 2 aliphatic carbocycles. The summed E-state index contributed by atoms with van der Waals surface area (Å²) in [4.78, 5) is 37.2. The molecule has 3 N–H and O–H groups in total. The number of rotatable bonds is 7. The van der Waals surface area contributed by atoms with Crippen LogP contribution in [0.3, 0.4) is 0 Å². The Kier molecular flexibility index (Phi) is 7.15. The lowest BCUT2D eigenvalue weighted by Gasteiger charge is -2.32. The minimum Gasteiger partial charge on any atom is -0.481 e. The normalized spacial score (nSPS) is 20.0. The van der Waals surface area contributed by atoms with Crippen LogP contribution in [0.1, 0.15) is 63.5 Å². The zero-order chi connectivity index (χ0) is 25.2. The fourth-order valence-corrected chi connectivity index (χ4v) is 5.39. The van der Waals surface area contributed by atoms with Crippen LogP contribution in [-0.4, -0.2) is 41.8 Å². The Labute approximate surface area is 206 Å². The molecule has 3 unspecified atom stereocenters. The number of alkyl carbamates (subject to hydrolysis) is 1. The van der Waals surface area contributed by atoms with E-state index >= 15 is 0 Å². The molecule has 0 saturated heterocycles. The second-order valence-electron chi connectivity index (χ2n) is 10.7. The van der Waals surface area contributed by atoms with Crippen LogP contribution in [0.5, 0.6) is 0 Å². The molecule has 1 saturated carbocycles. The van der Waals surface area contributed by atoms with Crippen LogP contribution in [0.2, 0.25) is 0 Å². The number of aliphatic carboxylic acids is 1. The average Bonchev–Trinajstić information content (AvgIpc) is 3.36. The predicted molar refractivity (Wildman–Crippen MR) is 133 cm³/mol. The summed E-state index contributed by atoms with van der Waals surface area (Å²) in [6.07, 6.45) is 1.78. The molecule has 0 bridgehead atoms. The number of carbonyl (C=O) groups excluding carboxylic acids is 2. The molecule has 186 valence electrons. The van der Waals surface area contributed by atoms with Crippen LogP contribution in [-0.2, 0) is 14.3 Å². The van der Waals surface area contributed by atoms with Gasteiger partial charge in [-0.3, -0.25) is 9.59 Å². The Morgan fingerprint density at radius 2 is 1.60 bits per heavy atom. The number of carboxylic acids is 1. The summed E-state index contributed by atoms with van der Waals surface area (Å²) in [5.41, 5.74) is 3.99. The molecule has 1 fully saturated rings. The fourth-order valence-electron chi connectivity index (χ4n) is 5.39. The van der Waals surface area contributed by atoms with E-state index in [2.05, 4.69) is 34.9 Å². The molecule has 2 aromatic rings. The Morgan fingerprint density at radius 3 is 2.17 bits per heavy atom. The van der Waals surface area contributed by atoms with Crippen molar-refractivity contribution in [2.45, 2.75) is 64.5 Å². The largest absolute Gasteiger partial charge is 0.481 e. The summed E-state index contributed by atoms with van der Waals surface area (Å²) >= 11 is 0. The highest BCUT2D eigenvalue weighted by Crippen LogP contribution is 2.44. The molecule has 35 heavy (non-hydrogen) atoms. The number of carbonyl (C=O) groups is 3. The van der Waals surface area contributed by atoms with Gasteiger partial charge < -0.3 is 20.5 Å². The summed E-state index contributed by atoms with van der Waals surface area (Å²) in [5.74, 6) is -1.33. The lowest BCUT2D eigenvalue weighted by atomic mass is 9.85. The van der Waals surface area contributed by atoms with E-state index in [1.165, 1.54) is 0 Å². The van der Waals surface area contributed by atoms with Gasteiger partial charge in [0.25, 0.3) is 0 Å². The lowest BCUT2D eigenvalue weighted by Crippen LogP contribution is -2.56. The Balaban J connectivity index is 1.41. The number of hydrogen-bond donors (Lipinski definition) is 3. The third kappa shape index (κ3) is 5.50. The molecule has 0 aromatic heterocycles. The van der Waals surface area contributed by atoms with Crippen molar-refractivity contribution >= 4 is 18.0 Å². The van der Waals surface area contributed by atoms with Crippen LogP contribution < -0.4 is 10.6 Å². The van der Waals surface area contributed by atoms with Gasteiger partial charge in [-0.25, -0.2) is 4.79 Å². The van der Waals surface area contributed by atoms with Crippen LogP contribution in [0.25, 0.3) is 11.1 Å². The summed E-state index contributed by atoms with van der Waals surface area (Å²) in [6.45, 7) is 5.81. The van der Waals surface area contributed by atoms with Crippen molar-refractivity contribution in [2.24, 2.45) is 11.3 Å². The Morgan fingerprint density at radius 1 is 1.00 bits per heavy atom. The van der Waals surface area contributed by atoms with E-state index in [0.717, 1.165) is 41.5 Å². The topological polar surface area (TPSA) is 105 Å². The number of benzene rings is 2. The monoisotopic (exact) mass is 478 g/mol. The summed E-state index contributed by atoms with van der Waals surface area (Å²) in [6, 6.07) is 15.2. The number of fused-ring (bicyclic) bond motifs is 3. The second kappa shape index (κ2) is 10.1. The van der Waals surface area contributed by atoms with Gasteiger partial charge in [0.15, 0.2) is 0 Å². The highest BCUT2D eigenvalue weighted by Gasteiger charge is 2.37. The van der Waals surface area contributed by atoms with Crippen LogP contribution in [0, 0.1) is 11.3 Å². The molecule has 4 rings (SSSR count). The third-order valence-electron chi connectivity index (χ3n) is 7.16. The molecule has 3 atom stereocenters. The van der Waals surface area contributed by atoms with Gasteiger partial charge >= 0.3 is 12.1 Å². The number of hydrogen-bond acceptors (Lipinski definition) is 4. The van der Waals surface area contributed by atoms with Crippen molar-refractivity contribution in [3.63, 3.8) is 0 Å². The SMILES string of the molecule is CC(C)(C)C(NC(=O)OCC1c2ccccc2-c2ccccc21)C(=O)NC1CCCC1CC(=O)O. The zero-order valence-corrected chi connectivity index (χ0v) is 20.5. The first-order chi connectivity index (χ1) is 16.6. The first-order valence-corrected chi connectivity index (χ1v) is 12.3. The Hall–Kier alpha value is -3.35. The molecular weight excluding hydrogens is 444 g/mol. The maximum absolute atomic E-state index is 13.2. The molecule has 0 radical (unpaired) electrons. The molecule has 7 nitrogen and oxygen atoms in total. The van der Waals surface area contributed by atoms with Gasteiger partial charge in [0.05, 0.1) is 6.42 Å². The smallest absolute Gasteiger partial charge is 0.407 e. The van der Waals surface area contributed by atoms with Crippen molar-refractivity contribution in [3.8, 4) is 11.1 Å². The molecule has 0 spiro atoms. The second-order valence-corrected chi connectivity index (χ2v) is 10.7. The number of amides is 2. The minimum absolute atomic E-state index is 0.0327. The van der Waals surface area contributed by atoms with E-state index < -0.39 is 23.5 Å². The van der Waals surface area contributed by atoms with Gasteiger partial charge in [-0.05, 0) is 46.4 Å². The molecule has 2 amide bonds. The molecule has 7 heteroatoms. The highest BCUT2D eigenvalue weighted by atomic mass is 16.5. The van der Waals surface area contributed by atoms with E-state index in [9.17, 15) is 14.4 Å². The van der Waals surface area contributed by atoms with Gasteiger partial charge in [-0.15, -0.1) is 0 Å². The predicted octanol–water partition coefficient (Wildman–Crippen LogP) is 4.70. The van der Waals surface area contributed by atoms with E-state index in [-0.39, 0.29) is 36.8 Å². The van der Waals surface area contributed by atoms with E-state index in [4.69, 9.17) is 9.84 Å². The Bertz CT molecular complexity index is 1060. The number of carboxylic acid groups (broad SMARTS) is 1. The summed E-state index contributed by atoms with van der Waals surface area (Å²) in [7, 11) is 0. The standard InChI is InChI=1S/C28H34N2O5/c1-28(2,3)25(26(33)29-23-14-8-9-17(23)15-24(31)32)30-27(34)35-16-22-20-12-6-4-10-18(20)19-11-5-7-13-21(19)22/h4-7,10-13,17,22-23,25H,8-9,14-16H2,1-3H3,(H,29,33)(H,30,34)(H,31,32). The van der Waals surface area contributed by atoms with Crippen LogP contribution >= 0.6 is 0 Å². The summed E-state index contributed by atoms with van der Waals surface area (Å²) in [5, 5.41) is 14.9. The van der Waals surface area contributed by atoms with E-state index in [0.29, 0.717) is 0 Å². The molecule has 0 heterocycles. The van der Waals surface area contributed by atoms with Crippen LogP contribution in [0.4, 0.5) is 4.79 Å². The molecule has 2 aromatic carbocycles. The van der Waals surface area contributed by atoms with Crippen molar-refractivity contribution < 1.29 is 24.2 Å². The number of ether oxygens (including phenoxy) is 1. The maximum Gasteiger partial charge on any atom is 0.407 e. The van der Waals surface area contributed by atoms with Gasteiger partial charge in [0, 0.05) is 12.0 Å².